The van der Waals surface area contributed by atoms with Crippen LogP contribution in [0.5, 0.6) is 0 Å². The molecule has 4 rings (SSSR count). The van der Waals surface area contributed by atoms with Crippen LogP contribution in [0.4, 0.5) is 4.79 Å². The van der Waals surface area contributed by atoms with Crippen LogP contribution in [0.3, 0.4) is 0 Å². The first-order valence-corrected chi connectivity index (χ1v) is 14.1. The van der Waals surface area contributed by atoms with Crippen molar-refractivity contribution >= 4 is 21.8 Å². The smallest absolute Gasteiger partial charge is 0.407 e. The van der Waals surface area contributed by atoms with Crippen LogP contribution in [0.1, 0.15) is 78.6 Å². The first-order valence-electron chi connectivity index (χ1n) is 12.5. The summed E-state index contributed by atoms with van der Waals surface area (Å²) in [5.41, 5.74) is 0. The number of nitrogens with one attached hydrogen (secondary N) is 1. The number of ether oxygens (including phenoxy) is 1. The first kappa shape index (κ1) is 25.3. The summed E-state index contributed by atoms with van der Waals surface area (Å²) in [7, 11) is -1.49. The highest BCUT2D eigenvalue weighted by molar-refractivity contribution is 7.92. The van der Waals surface area contributed by atoms with Crippen LogP contribution in [-0.4, -0.2) is 62.1 Å². The maximum atomic E-state index is 13.1. The highest BCUT2D eigenvalue weighted by Crippen LogP contribution is 2.39. The van der Waals surface area contributed by atoms with Crippen LogP contribution in [0.15, 0.2) is 0 Å². The number of hydrogen-bond acceptors (Lipinski definition) is 5. The average molecular weight is 471 g/mol. The van der Waals surface area contributed by atoms with E-state index in [2.05, 4.69) is 12.2 Å². The second-order valence-corrected chi connectivity index (χ2v) is 13.3. The van der Waals surface area contributed by atoms with E-state index in [1.807, 2.05) is 0 Å². The van der Waals surface area contributed by atoms with Gasteiger partial charge in [0.15, 0.2) is 9.84 Å². The van der Waals surface area contributed by atoms with Gasteiger partial charge >= 0.3 is 6.09 Å². The maximum Gasteiger partial charge on any atom is 0.407 e. The van der Waals surface area contributed by atoms with Gasteiger partial charge in [-0.05, 0) is 82.5 Å². The van der Waals surface area contributed by atoms with Gasteiger partial charge in [0.1, 0.15) is 0 Å². The van der Waals surface area contributed by atoms with Crippen molar-refractivity contribution in [3.8, 4) is 0 Å². The third-order valence-corrected chi connectivity index (χ3v) is 11.0. The molecule has 0 spiro atoms. The normalized spacial score (nSPS) is 35.5. The molecule has 5 unspecified atom stereocenters. The lowest BCUT2D eigenvalue weighted by atomic mass is 9.71. The molecule has 0 aromatic carbocycles. The highest BCUT2D eigenvalue weighted by Gasteiger charge is 2.41. The van der Waals surface area contributed by atoms with E-state index < -0.39 is 26.4 Å². The molecule has 2 amide bonds. The fourth-order valence-electron chi connectivity index (χ4n) is 6.20. The molecule has 2 heterocycles. The van der Waals surface area contributed by atoms with Crippen LogP contribution in [-0.2, 0) is 19.4 Å². The van der Waals surface area contributed by atoms with Gasteiger partial charge in [-0.3, -0.25) is 4.79 Å². The van der Waals surface area contributed by atoms with E-state index in [1.54, 1.807) is 25.8 Å². The lowest BCUT2D eigenvalue weighted by Crippen LogP contribution is -2.50. The zero-order valence-electron chi connectivity index (χ0n) is 20.2. The Morgan fingerprint density at radius 3 is 2.50 bits per heavy atom. The zero-order chi connectivity index (χ0) is 23.5. The molecule has 8 heteroatoms. The second-order valence-electron chi connectivity index (χ2n) is 10.6. The third-order valence-electron chi connectivity index (χ3n) is 8.21. The summed E-state index contributed by atoms with van der Waals surface area (Å²) in [6, 6.07) is -0.123. The Kier molecular flexibility index (Phi) is 8.50. The third kappa shape index (κ3) is 5.97. The highest BCUT2D eigenvalue weighted by atomic mass is 32.2. The van der Waals surface area contributed by atoms with Gasteiger partial charge in [0.25, 0.3) is 0 Å². The van der Waals surface area contributed by atoms with Crippen molar-refractivity contribution in [1.82, 2.24) is 10.2 Å². The molecular weight excluding hydrogens is 428 g/mol. The van der Waals surface area contributed by atoms with Crippen LogP contribution in [0.2, 0.25) is 0 Å². The molecule has 2 aliphatic heterocycles. The van der Waals surface area contributed by atoms with Gasteiger partial charge in [-0.25, -0.2) is 13.2 Å². The number of alkyl carbamates (subject to hydrolysis) is 1. The number of amides is 2. The number of fused-ring (bicyclic) bond motifs is 9. The van der Waals surface area contributed by atoms with Crippen molar-refractivity contribution < 1.29 is 22.7 Å². The Bertz CT molecular complexity index is 768. The van der Waals surface area contributed by atoms with Crippen molar-refractivity contribution in [2.45, 2.75) is 95.1 Å². The SMILES string of the molecule is CCC1C[C@H]2CCC1CCOC(=O)NC1CCC(S(=O)(=O)C(C)C)C(C1)CN(C)C(=O)C2. The summed E-state index contributed by atoms with van der Waals surface area (Å²) in [6.07, 6.45) is 6.90. The Morgan fingerprint density at radius 1 is 1.06 bits per heavy atom. The summed E-state index contributed by atoms with van der Waals surface area (Å²) in [5.74, 6) is 1.42. The van der Waals surface area contributed by atoms with Gasteiger partial charge in [0.2, 0.25) is 5.91 Å². The number of sulfone groups is 1. The Morgan fingerprint density at radius 2 is 1.81 bits per heavy atom. The largest absolute Gasteiger partial charge is 0.450 e. The van der Waals surface area contributed by atoms with Gasteiger partial charge in [-0.1, -0.05) is 13.3 Å². The molecule has 2 saturated heterocycles. The molecule has 0 aromatic rings. The van der Waals surface area contributed by atoms with Crippen LogP contribution < -0.4 is 5.32 Å². The van der Waals surface area contributed by atoms with E-state index in [-0.39, 0.29) is 17.9 Å². The quantitative estimate of drug-likeness (QED) is 0.678. The van der Waals surface area contributed by atoms with Gasteiger partial charge in [-0.2, -0.15) is 0 Å². The molecule has 4 aliphatic rings. The fourth-order valence-corrected chi connectivity index (χ4v) is 8.10. The zero-order valence-corrected chi connectivity index (χ0v) is 21.0. The van der Waals surface area contributed by atoms with Gasteiger partial charge in [0.05, 0.1) is 17.1 Å². The summed E-state index contributed by atoms with van der Waals surface area (Å²) in [4.78, 5) is 27.2. The molecule has 1 N–H and O–H groups in total. The van der Waals surface area contributed by atoms with Gasteiger partial charge in [0, 0.05) is 26.1 Å². The minimum Gasteiger partial charge on any atom is -0.450 e. The van der Waals surface area contributed by atoms with Crippen LogP contribution in [0.25, 0.3) is 0 Å². The van der Waals surface area contributed by atoms with E-state index >= 15 is 0 Å². The predicted octanol–water partition coefficient (Wildman–Crippen LogP) is 3.77. The van der Waals surface area contributed by atoms with Crippen LogP contribution in [0, 0.1) is 23.7 Å². The Balaban J connectivity index is 1.80. The van der Waals surface area contributed by atoms with E-state index in [9.17, 15) is 18.0 Å². The Hall–Kier alpha value is -1.31. The minimum absolute atomic E-state index is 0.116. The average Bonchev–Trinajstić information content (AvgIpc) is 2.73. The molecule has 2 aliphatic carbocycles. The molecule has 32 heavy (non-hydrogen) atoms. The molecule has 4 fully saturated rings. The molecule has 0 radical (unpaired) electrons. The summed E-state index contributed by atoms with van der Waals surface area (Å²) >= 11 is 0. The summed E-state index contributed by atoms with van der Waals surface area (Å²) in [6.45, 7) is 6.48. The van der Waals surface area contributed by atoms with Crippen molar-refractivity contribution in [3.05, 3.63) is 0 Å². The molecular formula is C24H42N2O5S. The van der Waals surface area contributed by atoms with E-state index in [0.29, 0.717) is 56.6 Å². The number of carbonyl (C=O) groups is 2. The van der Waals surface area contributed by atoms with Crippen molar-refractivity contribution in [2.24, 2.45) is 23.7 Å². The van der Waals surface area contributed by atoms with Gasteiger partial charge < -0.3 is 15.0 Å². The minimum atomic E-state index is -3.30. The lowest BCUT2D eigenvalue weighted by Gasteiger charge is -2.40. The first-order chi connectivity index (χ1) is 15.1. The van der Waals surface area contributed by atoms with Crippen molar-refractivity contribution in [2.75, 3.05) is 20.2 Å². The molecule has 7 nitrogen and oxygen atoms in total. The topological polar surface area (TPSA) is 92.8 Å². The van der Waals surface area contributed by atoms with Crippen molar-refractivity contribution in [3.63, 3.8) is 0 Å². The standard InChI is InChI=1S/C24H42N2O5S/c1-5-18-12-17-6-7-19(18)10-11-31-24(28)25-21-8-9-22(32(29,30)16(2)3)20(14-21)15-26(4)23(27)13-17/h16-22H,5-15H2,1-4H3,(H,25,28)/t17-,18?,19?,20?,21?,22?/m1/s1. The maximum absolute atomic E-state index is 13.1. The second kappa shape index (κ2) is 10.7. The predicted molar refractivity (Wildman–Crippen MR) is 125 cm³/mol. The number of nitrogens with zero attached hydrogens (tertiary/aromatic N) is 1. The molecule has 184 valence electrons. The van der Waals surface area contributed by atoms with Crippen molar-refractivity contribution in [1.29, 1.82) is 0 Å². The number of hydrogen-bond donors (Lipinski definition) is 1. The van der Waals surface area contributed by atoms with Crippen LogP contribution >= 0.6 is 0 Å². The summed E-state index contributed by atoms with van der Waals surface area (Å²) in [5, 5.41) is 2.03. The summed E-state index contributed by atoms with van der Waals surface area (Å²) < 4.78 is 31.6. The molecule has 0 aromatic heterocycles. The van der Waals surface area contributed by atoms with Gasteiger partial charge in [-0.15, -0.1) is 0 Å². The molecule has 2 saturated carbocycles. The molecule has 4 bridgehead atoms. The number of carbonyl (C=O) groups excluding carboxylic acids is 2. The lowest BCUT2D eigenvalue weighted by molar-refractivity contribution is -0.132. The van der Waals surface area contributed by atoms with E-state index in [1.165, 1.54) is 0 Å². The molecule has 6 atom stereocenters. The number of rotatable bonds is 3. The van der Waals surface area contributed by atoms with E-state index in [4.69, 9.17) is 4.74 Å². The fraction of sp³-hybridized carbons (Fsp3) is 0.917. The van der Waals surface area contributed by atoms with E-state index in [0.717, 1.165) is 32.1 Å². The monoisotopic (exact) mass is 470 g/mol. The Labute approximate surface area is 193 Å².